The molecule has 3 aromatic rings. The number of amides is 1. The van der Waals surface area contributed by atoms with Crippen molar-refractivity contribution in [1.82, 2.24) is 10.3 Å². The van der Waals surface area contributed by atoms with Crippen LogP contribution in [0.15, 0.2) is 48.7 Å². The first kappa shape index (κ1) is 24.3. The second-order valence-corrected chi connectivity index (χ2v) is 10.3. The number of halogens is 2. The van der Waals surface area contributed by atoms with Gasteiger partial charge < -0.3 is 19.9 Å². The highest BCUT2D eigenvalue weighted by Gasteiger charge is 2.52. The molecule has 1 aliphatic rings. The number of hydrogen-bond donors (Lipinski definition) is 2. The highest BCUT2D eigenvalue weighted by atomic mass is 32.1. The standard InChI is InChI=1S/C24H26BF2N3O3S/c1-23(2)24(3,4)33-25(32-23)20-10-8-16(34-20)14-29-21-17(6-5-11-28-21)22(31)30-13-15-7-9-18(26)19(27)12-15/h5-12H,13-14H2,1-4H3,(H,28,29)(H,30,31). The molecule has 2 aromatic heterocycles. The van der Waals surface area contributed by atoms with E-state index >= 15 is 0 Å². The normalized spacial score (nSPS) is 16.5. The monoisotopic (exact) mass is 485 g/mol. The number of nitrogens with zero attached hydrogens (tertiary/aromatic N) is 1. The van der Waals surface area contributed by atoms with Crippen molar-refractivity contribution in [3.8, 4) is 0 Å². The van der Waals surface area contributed by atoms with E-state index in [1.807, 2.05) is 39.8 Å². The molecule has 0 radical (unpaired) electrons. The largest absolute Gasteiger partial charge is 0.505 e. The van der Waals surface area contributed by atoms with Crippen LogP contribution >= 0.6 is 11.3 Å². The van der Waals surface area contributed by atoms with Crippen LogP contribution in [0.3, 0.4) is 0 Å². The van der Waals surface area contributed by atoms with Crippen LogP contribution in [0.2, 0.25) is 0 Å². The molecule has 1 fully saturated rings. The third-order valence-electron chi connectivity index (χ3n) is 6.09. The number of pyridine rings is 1. The van der Waals surface area contributed by atoms with Gasteiger partial charge in [0.1, 0.15) is 5.82 Å². The van der Waals surface area contributed by atoms with Crippen LogP contribution in [0.4, 0.5) is 14.6 Å². The lowest BCUT2D eigenvalue weighted by atomic mass is 9.88. The Bertz CT molecular complexity index is 1190. The first-order valence-electron chi connectivity index (χ1n) is 10.9. The molecule has 0 aliphatic carbocycles. The molecular weight excluding hydrogens is 459 g/mol. The van der Waals surface area contributed by atoms with Crippen LogP contribution in [-0.4, -0.2) is 29.2 Å². The molecule has 3 heterocycles. The summed E-state index contributed by atoms with van der Waals surface area (Å²) < 4.78 is 39.7. The fourth-order valence-corrected chi connectivity index (χ4v) is 4.31. The Labute approximate surface area is 201 Å². The van der Waals surface area contributed by atoms with Gasteiger partial charge in [-0.05, 0) is 63.6 Å². The Hall–Kier alpha value is -2.82. The van der Waals surface area contributed by atoms with Gasteiger partial charge in [0.15, 0.2) is 11.6 Å². The molecule has 4 rings (SSSR count). The maximum atomic E-state index is 13.4. The molecule has 1 saturated heterocycles. The second-order valence-electron chi connectivity index (χ2n) is 9.08. The van der Waals surface area contributed by atoms with Crippen LogP contribution in [0, 0.1) is 11.6 Å². The number of aromatic nitrogens is 1. The van der Waals surface area contributed by atoms with E-state index in [2.05, 4.69) is 15.6 Å². The predicted octanol–water partition coefficient (Wildman–Crippen LogP) is 4.26. The van der Waals surface area contributed by atoms with Gasteiger partial charge in [-0.3, -0.25) is 4.79 Å². The summed E-state index contributed by atoms with van der Waals surface area (Å²) >= 11 is 1.57. The number of rotatable bonds is 7. The Kier molecular flexibility index (Phi) is 6.75. The van der Waals surface area contributed by atoms with Crippen LogP contribution in [-0.2, 0) is 22.4 Å². The average molecular weight is 485 g/mol. The third-order valence-corrected chi connectivity index (χ3v) is 7.19. The fourth-order valence-electron chi connectivity index (χ4n) is 3.40. The minimum absolute atomic E-state index is 0.0622. The Morgan fingerprint density at radius 3 is 2.47 bits per heavy atom. The summed E-state index contributed by atoms with van der Waals surface area (Å²) in [5.41, 5.74) is -0.00124. The molecule has 0 saturated carbocycles. The molecule has 1 aliphatic heterocycles. The van der Waals surface area contributed by atoms with E-state index in [9.17, 15) is 13.6 Å². The molecule has 1 amide bonds. The van der Waals surface area contributed by atoms with Crippen molar-refractivity contribution < 1.29 is 22.9 Å². The van der Waals surface area contributed by atoms with Crippen LogP contribution < -0.4 is 15.4 Å². The summed E-state index contributed by atoms with van der Waals surface area (Å²) in [6, 6.07) is 10.8. The van der Waals surface area contributed by atoms with E-state index in [1.165, 1.54) is 6.07 Å². The number of benzene rings is 1. The predicted molar refractivity (Wildman–Crippen MR) is 129 cm³/mol. The smallest absolute Gasteiger partial charge is 0.399 e. The van der Waals surface area contributed by atoms with Gasteiger partial charge in [-0.2, -0.15) is 0 Å². The van der Waals surface area contributed by atoms with Crippen molar-refractivity contribution in [2.24, 2.45) is 0 Å². The second kappa shape index (κ2) is 9.44. The van der Waals surface area contributed by atoms with Crippen molar-refractivity contribution in [2.45, 2.75) is 52.0 Å². The number of anilines is 1. The molecule has 1 aromatic carbocycles. The Morgan fingerprint density at radius 2 is 1.76 bits per heavy atom. The molecule has 178 valence electrons. The molecule has 0 bridgehead atoms. The van der Waals surface area contributed by atoms with Crippen molar-refractivity contribution in [3.05, 3.63) is 76.3 Å². The quantitative estimate of drug-likeness (QED) is 0.490. The van der Waals surface area contributed by atoms with E-state index in [4.69, 9.17) is 9.31 Å². The number of hydrogen-bond acceptors (Lipinski definition) is 6. The summed E-state index contributed by atoms with van der Waals surface area (Å²) in [5.74, 6) is -1.82. The van der Waals surface area contributed by atoms with Gasteiger partial charge in [-0.1, -0.05) is 12.1 Å². The first-order chi connectivity index (χ1) is 16.1. The number of carbonyl (C=O) groups is 1. The van der Waals surface area contributed by atoms with Crippen molar-refractivity contribution >= 4 is 35.0 Å². The summed E-state index contributed by atoms with van der Waals surface area (Å²) in [6.45, 7) is 8.59. The van der Waals surface area contributed by atoms with Gasteiger partial charge in [0.05, 0.1) is 23.3 Å². The van der Waals surface area contributed by atoms with E-state index < -0.39 is 30.0 Å². The SMILES string of the molecule is CC1(C)OB(c2ccc(CNc3ncccc3C(=O)NCc3ccc(F)c(F)c3)s2)OC1(C)C. The van der Waals surface area contributed by atoms with Gasteiger partial charge in [-0.15, -0.1) is 11.3 Å². The molecule has 0 unspecified atom stereocenters. The minimum Gasteiger partial charge on any atom is -0.399 e. The molecule has 10 heteroatoms. The van der Waals surface area contributed by atoms with E-state index in [-0.39, 0.29) is 12.5 Å². The summed E-state index contributed by atoms with van der Waals surface area (Å²) in [5, 5.41) is 5.93. The van der Waals surface area contributed by atoms with Gasteiger partial charge in [-0.25, -0.2) is 13.8 Å². The molecule has 6 nitrogen and oxygen atoms in total. The summed E-state index contributed by atoms with van der Waals surface area (Å²) in [4.78, 5) is 18.0. The van der Waals surface area contributed by atoms with Crippen molar-refractivity contribution in [2.75, 3.05) is 5.32 Å². The lowest BCUT2D eigenvalue weighted by Crippen LogP contribution is -2.41. The van der Waals surface area contributed by atoms with Crippen LogP contribution in [0.5, 0.6) is 0 Å². The molecule has 0 spiro atoms. The number of nitrogens with one attached hydrogen (secondary N) is 2. The fraction of sp³-hybridized carbons (Fsp3) is 0.333. The zero-order chi connectivity index (χ0) is 24.5. The van der Waals surface area contributed by atoms with Crippen LogP contribution in [0.1, 0.15) is 48.5 Å². The molecule has 0 atom stereocenters. The molecule has 34 heavy (non-hydrogen) atoms. The highest BCUT2D eigenvalue weighted by Crippen LogP contribution is 2.37. The zero-order valence-corrected chi connectivity index (χ0v) is 20.3. The summed E-state index contributed by atoms with van der Waals surface area (Å²) in [6.07, 6.45) is 1.60. The van der Waals surface area contributed by atoms with E-state index in [0.717, 1.165) is 21.8 Å². The van der Waals surface area contributed by atoms with Gasteiger partial charge >= 0.3 is 7.12 Å². The zero-order valence-electron chi connectivity index (χ0n) is 19.4. The van der Waals surface area contributed by atoms with Crippen LogP contribution in [0.25, 0.3) is 0 Å². The lowest BCUT2D eigenvalue weighted by Gasteiger charge is -2.32. The van der Waals surface area contributed by atoms with E-state index in [0.29, 0.717) is 23.5 Å². The van der Waals surface area contributed by atoms with Gasteiger partial charge in [0.2, 0.25) is 0 Å². The Morgan fingerprint density at radius 1 is 1.03 bits per heavy atom. The maximum absolute atomic E-state index is 13.4. The number of thiophene rings is 1. The van der Waals surface area contributed by atoms with Gasteiger partial charge in [0, 0.05) is 22.4 Å². The Balaban J connectivity index is 1.38. The topological polar surface area (TPSA) is 72.5 Å². The lowest BCUT2D eigenvalue weighted by molar-refractivity contribution is 0.00578. The maximum Gasteiger partial charge on any atom is 0.505 e. The van der Waals surface area contributed by atoms with Crippen molar-refractivity contribution in [3.63, 3.8) is 0 Å². The first-order valence-corrected chi connectivity index (χ1v) is 11.7. The number of carbonyl (C=O) groups excluding carboxylic acids is 1. The van der Waals surface area contributed by atoms with E-state index in [1.54, 1.807) is 29.7 Å². The van der Waals surface area contributed by atoms with Gasteiger partial charge in [0.25, 0.3) is 5.91 Å². The average Bonchev–Trinajstić information content (AvgIpc) is 3.34. The molecular formula is C24H26BF2N3O3S. The highest BCUT2D eigenvalue weighted by molar-refractivity contribution is 7.22. The minimum atomic E-state index is -0.952. The third kappa shape index (κ3) is 5.14. The summed E-state index contributed by atoms with van der Waals surface area (Å²) in [7, 11) is -0.420. The molecule has 2 N–H and O–H groups in total. The van der Waals surface area contributed by atoms with Crippen molar-refractivity contribution in [1.29, 1.82) is 0 Å².